The van der Waals surface area contributed by atoms with Gasteiger partial charge in [-0.1, -0.05) is 30.0 Å². The fourth-order valence-electron chi connectivity index (χ4n) is 1.38. The molecule has 1 heterocycles. The first-order chi connectivity index (χ1) is 8.66. The van der Waals surface area contributed by atoms with Crippen molar-refractivity contribution in [2.45, 2.75) is 16.7 Å². The van der Waals surface area contributed by atoms with Gasteiger partial charge >= 0.3 is 0 Å². The number of carbonyl (C=O) groups is 2. The maximum atomic E-state index is 11.8. The number of hydrogen-bond acceptors (Lipinski definition) is 4. The van der Waals surface area contributed by atoms with Crippen molar-refractivity contribution in [1.29, 1.82) is 0 Å². The van der Waals surface area contributed by atoms with E-state index in [1.807, 2.05) is 41.8 Å². The highest BCUT2D eigenvalue weighted by molar-refractivity contribution is 7.99. The molecule has 0 bridgehead atoms. The molecule has 2 rings (SSSR count). The van der Waals surface area contributed by atoms with Gasteiger partial charge in [-0.2, -0.15) is 0 Å². The average Bonchev–Trinajstić information content (AvgIpc) is 2.77. The normalized spacial score (nSPS) is 10.1. The minimum absolute atomic E-state index is 0.337. The molecule has 0 radical (unpaired) electrons. The number of amides is 2. The maximum absolute atomic E-state index is 11.8. The van der Waals surface area contributed by atoms with Gasteiger partial charge in [-0.25, -0.2) is 0 Å². The third-order valence-corrected chi connectivity index (χ3v) is 4.21. The summed E-state index contributed by atoms with van der Waals surface area (Å²) in [6, 6.07) is 11.7. The molecule has 92 valence electrons. The predicted octanol–water partition coefficient (Wildman–Crippen LogP) is 3.18. The number of rotatable bonds is 3. The number of benzene rings is 1. The van der Waals surface area contributed by atoms with E-state index in [2.05, 4.69) is 5.32 Å². The molecule has 1 N–H and O–H groups in total. The Kier molecular flexibility index (Phi) is 4.17. The van der Waals surface area contributed by atoms with Gasteiger partial charge in [-0.15, -0.1) is 11.3 Å². The van der Waals surface area contributed by atoms with E-state index in [4.69, 9.17) is 0 Å². The Morgan fingerprint density at radius 3 is 2.56 bits per heavy atom. The highest BCUT2D eigenvalue weighted by Crippen LogP contribution is 2.33. The van der Waals surface area contributed by atoms with E-state index in [0.29, 0.717) is 4.88 Å². The summed E-state index contributed by atoms with van der Waals surface area (Å²) in [5, 5.41) is 4.14. The van der Waals surface area contributed by atoms with Crippen LogP contribution in [0.4, 0.5) is 0 Å². The van der Waals surface area contributed by atoms with Crippen LogP contribution in [0.1, 0.15) is 16.6 Å². The van der Waals surface area contributed by atoms with E-state index in [1.54, 1.807) is 0 Å². The van der Waals surface area contributed by atoms with Crippen molar-refractivity contribution in [3.8, 4) is 0 Å². The smallest absolute Gasteiger partial charge is 0.269 e. The first kappa shape index (κ1) is 12.9. The quantitative estimate of drug-likeness (QED) is 0.937. The molecule has 0 atom stereocenters. The van der Waals surface area contributed by atoms with Gasteiger partial charge in [0, 0.05) is 16.7 Å². The Hall–Kier alpha value is -1.59. The Morgan fingerprint density at radius 1 is 1.17 bits per heavy atom. The van der Waals surface area contributed by atoms with Crippen LogP contribution < -0.4 is 5.32 Å². The van der Waals surface area contributed by atoms with Gasteiger partial charge in [-0.3, -0.25) is 14.9 Å². The molecule has 0 spiro atoms. The van der Waals surface area contributed by atoms with Gasteiger partial charge < -0.3 is 0 Å². The van der Waals surface area contributed by atoms with Gasteiger partial charge in [0.15, 0.2) is 0 Å². The van der Waals surface area contributed by atoms with Gasteiger partial charge in [0.05, 0.1) is 0 Å². The molecule has 0 aliphatic carbocycles. The molecular weight excluding hydrogens is 266 g/mol. The Morgan fingerprint density at radius 2 is 1.89 bits per heavy atom. The molecule has 0 aliphatic rings. The molecule has 3 nitrogen and oxygen atoms in total. The summed E-state index contributed by atoms with van der Waals surface area (Å²) in [4.78, 5) is 25.2. The molecule has 0 unspecified atom stereocenters. The van der Waals surface area contributed by atoms with Crippen molar-refractivity contribution >= 4 is 34.9 Å². The van der Waals surface area contributed by atoms with Gasteiger partial charge in [0.1, 0.15) is 4.88 Å². The molecule has 5 heteroatoms. The predicted molar refractivity (Wildman–Crippen MR) is 73.0 cm³/mol. The largest absolute Gasteiger partial charge is 0.292 e. The summed E-state index contributed by atoms with van der Waals surface area (Å²) >= 11 is 2.85. The van der Waals surface area contributed by atoms with E-state index in [9.17, 15) is 9.59 Å². The molecule has 0 aliphatic heterocycles. The van der Waals surface area contributed by atoms with Crippen LogP contribution in [0, 0.1) is 0 Å². The third-order valence-electron chi connectivity index (χ3n) is 2.10. The second-order valence-corrected chi connectivity index (χ2v) is 5.57. The standard InChI is InChI=1S/C13H11NO2S2/c1-9(15)14-13(16)12-11(7-8-17-12)18-10-5-3-2-4-6-10/h2-8H,1H3,(H,14,15,16). The Labute approximate surface area is 113 Å². The molecule has 18 heavy (non-hydrogen) atoms. The number of imide groups is 1. The van der Waals surface area contributed by atoms with Crippen molar-refractivity contribution in [1.82, 2.24) is 5.32 Å². The van der Waals surface area contributed by atoms with Crippen molar-refractivity contribution in [2.24, 2.45) is 0 Å². The van der Waals surface area contributed by atoms with E-state index in [1.165, 1.54) is 30.0 Å². The average molecular weight is 277 g/mol. The fourth-order valence-corrected chi connectivity index (χ4v) is 3.28. The van der Waals surface area contributed by atoms with Crippen LogP contribution in [0.15, 0.2) is 51.6 Å². The number of thiophene rings is 1. The zero-order chi connectivity index (χ0) is 13.0. The van der Waals surface area contributed by atoms with Crippen LogP contribution in [0.25, 0.3) is 0 Å². The SMILES string of the molecule is CC(=O)NC(=O)c1sccc1Sc1ccccc1. The molecule has 0 saturated heterocycles. The maximum Gasteiger partial charge on any atom is 0.269 e. The molecular formula is C13H11NO2S2. The van der Waals surface area contributed by atoms with Crippen LogP contribution >= 0.6 is 23.1 Å². The molecule has 2 amide bonds. The minimum atomic E-state index is -0.343. The number of nitrogens with one attached hydrogen (secondary N) is 1. The van der Waals surface area contributed by atoms with Crippen molar-refractivity contribution in [3.63, 3.8) is 0 Å². The van der Waals surface area contributed by atoms with Gasteiger partial charge in [-0.05, 0) is 23.6 Å². The minimum Gasteiger partial charge on any atom is -0.292 e. The first-order valence-corrected chi connectivity index (χ1v) is 6.99. The molecule has 0 fully saturated rings. The first-order valence-electron chi connectivity index (χ1n) is 5.29. The summed E-state index contributed by atoms with van der Waals surface area (Å²) in [6.45, 7) is 1.33. The highest BCUT2D eigenvalue weighted by atomic mass is 32.2. The Bertz CT molecular complexity index is 563. The molecule has 1 aromatic heterocycles. The summed E-state index contributed by atoms with van der Waals surface area (Å²) in [6.07, 6.45) is 0. The van der Waals surface area contributed by atoms with Crippen LogP contribution in [0.5, 0.6) is 0 Å². The zero-order valence-corrected chi connectivity index (χ0v) is 11.3. The number of carbonyl (C=O) groups excluding carboxylic acids is 2. The third kappa shape index (κ3) is 3.21. The van der Waals surface area contributed by atoms with Crippen molar-refractivity contribution < 1.29 is 9.59 Å². The van der Waals surface area contributed by atoms with E-state index in [-0.39, 0.29) is 11.8 Å². The summed E-state index contributed by atoms with van der Waals surface area (Å²) < 4.78 is 0. The fraction of sp³-hybridized carbons (Fsp3) is 0.0769. The zero-order valence-electron chi connectivity index (χ0n) is 9.67. The summed E-state index contributed by atoms with van der Waals surface area (Å²) in [5.41, 5.74) is 0. The topological polar surface area (TPSA) is 46.2 Å². The lowest BCUT2D eigenvalue weighted by Crippen LogP contribution is -2.27. The van der Waals surface area contributed by atoms with E-state index in [0.717, 1.165) is 9.79 Å². The van der Waals surface area contributed by atoms with Gasteiger partial charge in [0.25, 0.3) is 5.91 Å². The monoisotopic (exact) mass is 277 g/mol. The highest BCUT2D eigenvalue weighted by Gasteiger charge is 2.14. The van der Waals surface area contributed by atoms with Crippen molar-refractivity contribution in [3.05, 3.63) is 46.7 Å². The Balaban J connectivity index is 2.18. The van der Waals surface area contributed by atoms with Crippen LogP contribution in [0.2, 0.25) is 0 Å². The van der Waals surface area contributed by atoms with Crippen LogP contribution in [-0.2, 0) is 4.79 Å². The lowest BCUT2D eigenvalue weighted by Gasteiger charge is -2.03. The molecule has 1 aromatic carbocycles. The van der Waals surface area contributed by atoms with Crippen LogP contribution in [-0.4, -0.2) is 11.8 Å². The molecule has 2 aromatic rings. The van der Waals surface area contributed by atoms with Gasteiger partial charge in [0.2, 0.25) is 5.91 Å². The second kappa shape index (κ2) is 5.84. The number of hydrogen-bond donors (Lipinski definition) is 1. The van der Waals surface area contributed by atoms with Crippen LogP contribution in [0.3, 0.4) is 0 Å². The lowest BCUT2D eigenvalue weighted by molar-refractivity contribution is -0.118. The van der Waals surface area contributed by atoms with Crippen molar-refractivity contribution in [2.75, 3.05) is 0 Å². The lowest BCUT2D eigenvalue weighted by atomic mass is 10.4. The summed E-state index contributed by atoms with van der Waals surface area (Å²) in [5.74, 6) is -0.681. The molecule has 0 saturated carbocycles. The van der Waals surface area contributed by atoms with E-state index >= 15 is 0 Å². The van der Waals surface area contributed by atoms with E-state index < -0.39 is 0 Å². The summed E-state index contributed by atoms with van der Waals surface area (Å²) in [7, 11) is 0. The second-order valence-electron chi connectivity index (χ2n) is 3.54.